The molecule has 2 aliphatic rings. The number of rotatable bonds is 5. The topological polar surface area (TPSA) is 53.7 Å². The molecule has 1 N–H and O–H groups in total. The monoisotopic (exact) mass is 355 g/mol. The number of piperidine rings is 1. The molecule has 26 heavy (non-hydrogen) atoms. The van der Waals surface area contributed by atoms with E-state index in [0.717, 1.165) is 18.4 Å². The summed E-state index contributed by atoms with van der Waals surface area (Å²) >= 11 is 0. The molecule has 0 radical (unpaired) electrons. The maximum atomic E-state index is 14.5. The molecule has 0 amide bonds. The van der Waals surface area contributed by atoms with Gasteiger partial charge in [0.05, 0.1) is 18.4 Å². The van der Waals surface area contributed by atoms with Crippen molar-refractivity contribution in [1.29, 1.82) is 0 Å². The third kappa shape index (κ3) is 3.50. The van der Waals surface area contributed by atoms with E-state index in [2.05, 4.69) is 0 Å². The van der Waals surface area contributed by atoms with E-state index in [9.17, 15) is 14.3 Å². The van der Waals surface area contributed by atoms with Crippen LogP contribution < -0.4 is 0 Å². The zero-order valence-corrected chi connectivity index (χ0v) is 14.5. The van der Waals surface area contributed by atoms with E-state index in [1.165, 1.54) is 6.07 Å². The van der Waals surface area contributed by atoms with Gasteiger partial charge in [-0.1, -0.05) is 18.2 Å². The van der Waals surface area contributed by atoms with Gasteiger partial charge in [0.25, 0.3) is 0 Å². The van der Waals surface area contributed by atoms with Crippen LogP contribution in [0.3, 0.4) is 0 Å². The van der Waals surface area contributed by atoms with Gasteiger partial charge in [0.2, 0.25) is 0 Å². The summed E-state index contributed by atoms with van der Waals surface area (Å²) in [6.45, 7) is 0.966. The Labute approximate surface area is 151 Å². The number of ketones is 1. The largest absolute Gasteiger partial charge is 0.465 e. The van der Waals surface area contributed by atoms with Crippen LogP contribution in [-0.2, 0) is 4.79 Å². The molecule has 5 heteroatoms. The van der Waals surface area contributed by atoms with Crippen LogP contribution in [0.4, 0.5) is 4.39 Å². The van der Waals surface area contributed by atoms with Crippen molar-refractivity contribution in [2.45, 2.75) is 31.4 Å². The molecule has 4 rings (SSSR count). The van der Waals surface area contributed by atoms with E-state index in [1.54, 1.807) is 30.5 Å². The number of furan rings is 1. The SMILES string of the molecule is O=C(C1CC1)C(c1ccccc1F)N1CCC(O)/C(=C/c2ccco2)C1. The Morgan fingerprint density at radius 3 is 2.73 bits per heavy atom. The van der Waals surface area contributed by atoms with Gasteiger partial charge in [0.1, 0.15) is 11.6 Å². The van der Waals surface area contributed by atoms with Gasteiger partial charge in [-0.05, 0) is 49.1 Å². The van der Waals surface area contributed by atoms with Gasteiger partial charge < -0.3 is 9.52 Å². The number of likely N-dealkylation sites (tertiary alicyclic amines) is 1. The van der Waals surface area contributed by atoms with Crippen LogP contribution >= 0.6 is 0 Å². The molecule has 1 aromatic carbocycles. The fourth-order valence-corrected chi connectivity index (χ4v) is 3.63. The minimum absolute atomic E-state index is 0.0314. The van der Waals surface area contributed by atoms with Crippen molar-refractivity contribution in [3.63, 3.8) is 0 Å². The molecule has 1 saturated heterocycles. The molecule has 1 saturated carbocycles. The van der Waals surface area contributed by atoms with Gasteiger partial charge in [0, 0.05) is 24.6 Å². The zero-order chi connectivity index (χ0) is 18.1. The Bertz CT molecular complexity index is 810. The number of carbonyl (C=O) groups excluding carboxylic acids is 1. The minimum Gasteiger partial charge on any atom is -0.465 e. The average molecular weight is 355 g/mol. The number of Topliss-reactive ketones (excluding diaryl/α,β-unsaturated/α-hetero) is 1. The molecule has 1 aliphatic carbocycles. The summed E-state index contributed by atoms with van der Waals surface area (Å²) in [7, 11) is 0. The highest BCUT2D eigenvalue weighted by atomic mass is 19.1. The Balaban J connectivity index is 1.65. The molecule has 4 nitrogen and oxygen atoms in total. The summed E-state index contributed by atoms with van der Waals surface area (Å²) in [5.41, 5.74) is 1.22. The highest BCUT2D eigenvalue weighted by Gasteiger charge is 2.41. The molecule has 0 bridgehead atoms. The number of aliphatic hydroxyl groups is 1. The highest BCUT2D eigenvalue weighted by Crippen LogP contribution is 2.39. The van der Waals surface area contributed by atoms with Crippen molar-refractivity contribution in [3.05, 3.63) is 65.4 Å². The van der Waals surface area contributed by atoms with Gasteiger partial charge in [-0.25, -0.2) is 4.39 Å². The second-order valence-electron chi connectivity index (χ2n) is 7.11. The van der Waals surface area contributed by atoms with E-state index in [0.29, 0.717) is 30.8 Å². The van der Waals surface area contributed by atoms with Crippen LogP contribution in [0.25, 0.3) is 6.08 Å². The van der Waals surface area contributed by atoms with Crippen molar-refractivity contribution in [2.24, 2.45) is 5.92 Å². The lowest BCUT2D eigenvalue weighted by atomic mass is 9.92. The first-order valence-electron chi connectivity index (χ1n) is 9.07. The van der Waals surface area contributed by atoms with E-state index in [4.69, 9.17) is 4.42 Å². The fourth-order valence-electron chi connectivity index (χ4n) is 3.63. The van der Waals surface area contributed by atoms with Crippen LogP contribution in [0.1, 0.15) is 36.6 Å². The normalized spacial score (nSPS) is 23.9. The maximum absolute atomic E-state index is 14.5. The molecule has 2 atom stereocenters. The Kier molecular flexibility index (Phi) is 4.74. The molecular weight excluding hydrogens is 333 g/mol. The second kappa shape index (κ2) is 7.17. The number of hydrogen-bond acceptors (Lipinski definition) is 4. The average Bonchev–Trinajstić information content (AvgIpc) is 3.37. The van der Waals surface area contributed by atoms with E-state index in [-0.39, 0.29) is 17.5 Å². The highest BCUT2D eigenvalue weighted by molar-refractivity contribution is 5.89. The van der Waals surface area contributed by atoms with E-state index >= 15 is 0 Å². The van der Waals surface area contributed by atoms with Crippen LogP contribution in [-0.4, -0.2) is 35.0 Å². The Hall–Kier alpha value is -2.24. The van der Waals surface area contributed by atoms with Gasteiger partial charge in [-0.2, -0.15) is 0 Å². The Morgan fingerprint density at radius 2 is 2.04 bits per heavy atom. The second-order valence-corrected chi connectivity index (χ2v) is 7.11. The van der Waals surface area contributed by atoms with Gasteiger partial charge in [-0.15, -0.1) is 0 Å². The molecule has 2 heterocycles. The van der Waals surface area contributed by atoms with E-state index < -0.39 is 12.1 Å². The maximum Gasteiger partial charge on any atom is 0.157 e. The van der Waals surface area contributed by atoms with Crippen LogP contribution in [0.2, 0.25) is 0 Å². The third-order valence-corrected chi connectivity index (χ3v) is 5.19. The first-order valence-corrected chi connectivity index (χ1v) is 9.07. The lowest BCUT2D eigenvalue weighted by Gasteiger charge is -2.37. The van der Waals surface area contributed by atoms with Crippen molar-refractivity contribution >= 4 is 11.9 Å². The van der Waals surface area contributed by atoms with Crippen LogP contribution in [0.15, 0.2) is 52.7 Å². The first-order chi connectivity index (χ1) is 12.6. The summed E-state index contributed by atoms with van der Waals surface area (Å²) in [5.74, 6) is 0.429. The van der Waals surface area contributed by atoms with Crippen molar-refractivity contribution in [1.82, 2.24) is 4.90 Å². The third-order valence-electron chi connectivity index (χ3n) is 5.19. The summed E-state index contributed by atoms with van der Waals surface area (Å²) in [5, 5.41) is 10.4. The zero-order valence-electron chi connectivity index (χ0n) is 14.5. The molecule has 2 fully saturated rings. The Morgan fingerprint density at radius 1 is 1.23 bits per heavy atom. The molecule has 2 unspecified atom stereocenters. The summed E-state index contributed by atoms with van der Waals surface area (Å²) < 4.78 is 19.8. The lowest BCUT2D eigenvalue weighted by Crippen LogP contribution is -2.43. The smallest absolute Gasteiger partial charge is 0.157 e. The summed E-state index contributed by atoms with van der Waals surface area (Å²) in [4.78, 5) is 14.9. The van der Waals surface area contributed by atoms with Crippen molar-refractivity contribution < 1.29 is 18.7 Å². The number of carbonyl (C=O) groups is 1. The molecule has 1 aromatic heterocycles. The minimum atomic E-state index is -0.601. The predicted octanol–water partition coefficient (Wildman–Crippen LogP) is 3.59. The van der Waals surface area contributed by atoms with Crippen molar-refractivity contribution in [3.8, 4) is 0 Å². The summed E-state index contributed by atoms with van der Waals surface area (Å²) in [6.07, 6.45) is 5.10. The number of nitrogens with zero attached hydrogens (tertiary/aromatic N) is 1. The molecule has 1 aliphatic heterocycles. The molecule has 2 aromatic rings. The molecule has 136 valence electrons. The predicted molar refractivity (Wildman–Crippen MR) is 95.8 cm³/mol. The number of benzene rings is 1. The first kappa shape index (κ1) is 17.2. The molecule has 0 spiro atoms. The van der Waals surface area contributed by atoms with E-state index in [1.807, 2.05) is 17.0 Å². The molecular formula is C21H22FNO3. The van der Waals surface area contributed by atoms with Gasteiger partial charge in [-0.3, -0.25) is 9.69 Å². The summed E-state index contributed by atoms with van der Waals surface area (Å²) in [6, 6.07) is 9.52. The quantitative estimate of drug-likeness (QED) is 0.891. The van der Waals surface area contributed by atoms with Gasteiger partial charge in [0.15, 0.2) is 5.78 Å². The van der Waals surface area contributed by atoms with Gasteiger partial charge >= 0.3 is 0 Å². The fraction of sp³-hybridized carbons (Fsp3) is 0.381. The van der Waals surface area contributed by atoms with Crippen LogP contribution in [0.5, 0.6) is 0 Å². The van der Waals surface area contributed by atoms with Crippen molar-refractivity contribution in [2.75, 3.05) is 13.1 Å². The standard InChI is InChI=1S/C21H22FNO3/c22-18-6-2-1-5-17(18)20(21(25)14-7-8-14)23-10-9-19(24)15(13-23)12-16-4-3-11-26-16/h1-6,11-12,14,19-20,24H,7-10,13H2/b15-12+. The lowest BCUT2D eigenvalue weighted by molar-refractivity contribution is -0.126. The van der Waals surface area contributed by atoms with Crippen LogP contribution in [0, 0.1) is 11.7 Å². The number of hydrogen-bond donors (Lipinski definition) is 1. The number of halogens is 1. The number of aliphatic hydroxyl groups excluding tert-OH is 1.